The zero-order valence-electron chi connectivity index (χ0n) is 11.8. The SMILES string of the molecule is Cc1c(C)c(C)c(C(=O)c2csc(Br)c2)c(C)c1C. The maximum Gasteiger partial charge on any atom is 0.194 e. The molecule has 0 spiro atoms. The Morgan fingerprint density at radius 3 is 1.84 bits per heavy atom. The first-order chi connectivity index (χ1) is 8.84. The van der Waals surface area contributed by atoms with E-state index >= 15 is 0 Å². The highest BCUT2D eigenvalue weighted by Crippen LogP contribution is 2.30. The number of rotatable bonds is 2. The van der Waals surface area contributed by atoms with E-state index < -0.39 is 0 Å². The summed E-state index contributed by atoms with van der Waals surface area (Å²) in [5.41, 5.74) is 7.58. The predicted molar refractivity (Wildman–Crippen MR) is 85.6 cm³/mol. The lowest BCUT2D eigenvalue weighted by Crippen LogP contribution is -2.10. The molecule has 1 heterocycles. The monoisotopic (exact) mass is 336 g/mol. The van der Waals surface area contributed by atoms with E-state index in [9.17, 15) is 4.79 Å². The number of hydrogen-bond acceptors (Lipinski definition) is 2. The van der Waals surface area contributed by atoms with Crippen LogP contribution in [0.2, 0.25) is 0 Å². The lowest BCUT2D eigenvalue weighted by atomic mass is 9.86. The minimum atomic E-state index is 0.128. The van der Waals surface area contributed by atoms with Gasteiger partial charge in [0.2, 0.25) is 0 Å². The van der Waals surface area contributed by atoms with Crippen LogP contribution >= 0.6 is 27.3 Å². The van der Waals surface area contributed by atoms with Gasteiger partial charge in [0.1, 0.15) is 0 Å². The molecule has 2 aromatic rings. The highest BCUT2D eigenvalue weighted by Gasteiger charge is 2.20. The summed E-state index contributed by atoms with van der Waals surface area (Å²) in [6.07, 6.45) is 0. The van der Waals surface area contributed by atoms with Crippen molar-refractivity contribution in [1.82, 2.24) is 0 Å². The molecule has 2 rings (SSSR count). The summed E-state index contributed by atoms with van der Waals surface area (Å²) >= 11 is 4.96. The van der Waals surface area contributed by atoms with Crippen molar-refractivity contribution < 1.29 is 4.79 Å². The number of carbonyl (C=O) groups is 1. The molecule has 0 aliphatic rings. The van der Waals surface area contributed by atoms with E-state index in [2.05, 4.69) is 36.7 Å². The van der Waals surface area contributed by atoms with Crippen molar-refractivity contribution in [2.24, 2.45) is 0 Å². The average Bonchev–Trinajstić information content (AvgIpc) is 2.81. The van der Waals surface area contributed by atoms with Gasteiger partial charge in [-0.2, -0.15) is 0 Å². The summed E-state index contributed by atoms with van der Waals surface area (Å²) in [7, 11) is 0. The largest absolute Gasteiger partial charge is 0.289 e. The molecule has 0 aliphatic carbocycles. The smallest absolute Gasteiger partial charge is 0.194 e. The van der Waals surface area contributed by atoms with Crippen LogP contribution in [0.3, 0.4) is 0 Å². The molecule has 0 aliphatic heterocycles. The van der Waals surface area contributed by atoms with E-state index in [0.29, 0.717) is 0 Å². The number of benzene rings is 1. The number of thiophene rings is 1. The van der Waals surface area contributed by atoms with Gasteiger partial charge in [0, 0.05) is 16.5 Å². The van der Waals surface area contributed by atoms with Crippen LogP contribution in [0.25, 0.3) is 0 Å². The quantitative estimate of drug-likeness (QED) is 0.681. The van der Waals surface area contributed by atoms with E-state index in [0.717, 1.165) is 26.0 Å². The van der Waals surface area contributed by atoms with Crippen LogP contribution in [0.5, 0.6) is 0 Å². The predicted octanol–water partition coefficient (Wildman–Crippen LogP) is 5.28. The Morgan fingerprint density at radius 2 is 1.42 bits per heavy atom. The lowest BCUT2D eigenvalue weighted by molar-refractivity contribution is 0.103. The van der Waals surface area contributed by atoms with E-state index in [1.807, 2.05) is 25.3 Å². The lowest BCUT2D eigenvalue weighted by Gasteiger charge is -2.17. The summed E-state index contributed by atoms with van der Waals surface area (Å²) in [5.74, 6) is 0.128. The molecule has 100 valence electrons. The zero-order valence-corrected chi connectivity index (χ0v) is 14.3. The summed E-state index contributed by atoms with van der Waals surface area (Å²) in [6, 6.07) is 1.90. The average molecular weight is 337 g/mol. The van der Waals surface area contributed by atoms with E-state index in [1.54, 1.807) is 11.3 Å². The molecule has 0 bridgehead atoms. The Bertz CT molecular complexity index is 639. The van der Waals surface area contributed by atoms with Crippen LogP contribution in [-0.4, -0.2) is 5.78 Å². The van der Waals surface area contributed by atoms with Crippen molar-refractivity contribution in [1.29, 1.82) is 0 Å². The van der Waals surface area contributed by atoms with Crippen LogP contribution < -0.4 is 0 Å². The first-order valence-electron chi connectivity index (χ1n) is 6.20. The van der Waals surface area contributed by atoms with Gasteiger partial charge in [-0.25, -0.2) is 0 Å². The second kappa shape index (κ2) is 5.22. The van der Waals surface area contributed by atoms with Gasteiger partial charge in [-0.1, -0.05) is 0 Å². The molecule has 19 heavy (non-hydrogen) atoms. The fraction of sp³-hybridized carbons (Fsp3) is 0.312. The summed E-state index contributed by atoms with van der Waals surface area (Å²) in [5, 5.41) is 1.91. The minimum absolute atomic E-state index is 0.128. The van der Waals surface area contributed by atoms with Crippen molar-refractivity contribution in [2.45, 2.75) is 34.6 Å². The molecule has 1 nitrogen and oxygen atoms in total. The Hall–Kier alpha value is -0.930. The Morgan fingerprint density at radius 1 is 0.947 bits per heavy atom. The summed E-state index contributed by atoms with van der Waals surface area (Å²) in [6.45, 7) is 10.4. The second-order valence-corrected chi connectivity index (χ2v) is 7.26. The molecule has 0 amide bonds. The van der Waals surface area contributed by atoms with Crippen molar-refractivity contribution in [3.63, 3.8) is 0 Å². The molecule has 0 unspecified atom stereocenters. The van der Waals surface area contributed by atoms with Gasteiger partial charge in [0.05, 0.1) is 3.79 Å². The molecule has 0 fully saturated rings. The molecular formula is C16H17BrOS. The fourth-order valence-corrected chi connectivity index (χ4v) is 3.55. The van der Waals surface area contributed by atoms with Gasteiger partial charge < -0.3 is 0 Å². The van der Waals surface area contributed by atoms with Gasteiger partial charge in [-0.15, -0.1) is 11.3 Å². The first kappa shape index (κ1) is 14.5. The highest BCUT2D eigenvalue weighted by atomic mass is 79.9. The van der Waals surface area contributed by atoms with Crippen molar-refractivity contribution >= 4 is 33.0 Å². The van der Waals surface area contributed by atoms with Crippen LogP contribution in [0.1, 0.15) is 43.7 Å². The number of halogens is 1. The minimum Gasteiger partial charge on any atom is -0.289 e. The van der Waals surface area contributed by atoms with Crippen LogP contribution in [-0.2, 0) is 0 Å². The molecule has 0 saturated carbocycles. The second-order valence-electron chi connectivity index (χ2n) is 4.97. The topological polar surface area (TPSA) is 17.1 Å². The number of carbonyl (C=O) groups excluding carboxylic acids is 1. The van der Waals surface area contributed by atoms with Gasteiger partial charge in [-0.3, -0.25) is 4.79 Å². The first-order valence-corrected chi connectivity index (χ1v) is 7.87. The van der Waals surface area contributed by atoms with Gasteiger partial charge in [0.15, 0.2) is 5.78 Å². The Balaban J connectivity index is 2.66. The molecule has 0 N–H and O–H groups in total. The van der Waals surface area contributed by atoms with Gasteiger partial charge in [0.25, 0.3) is 0 Å². The Labute approximate surface area is 126 Å². The summed E-state index contributed by atoms with van der Waals surface area (Å²) < 4.78 is 0.992. The highest BCUT2D eigenvalue weighted by molar-refractivity contribution is 9.11. The standard InChI is InChI=1S/C16H17BrOS/c1-8-9(2)11(4)15(12(5)10(8)3)16(18)13-6-14(17)19-7-13/h6-7H,1-5H3. The molecule has 3 heteroatoms. The fourth-order valence-electron chi connectivity index (χ4n) is 2.41. The summed E-state index contributed by atoms with van der Waals surface area (Å²) in [4.78, 5) is 12.7. The van der Waals surface area contributed by atoms with Gasteiger partial charge >= 0.3 is 0 Å². The van der Waals surface area contributed by atoms with Crippen molar-refractivity contribution in [3.05, 3.63) is 54.2 Å². The van der Waals surface area contributed by atoms with E-state index in [4.69, 9.17) is 0 Å². The maximum atomic E-state index is 12.7. The molecule has 1 aromatic carbocycles. The van der Waals surface area contributed by atoms with E-state index in [-0.39, 0.29) is 5.78 Å². The number of hydrogen-bond donors (Lipinski definition) is 0. The van der Waals surface area contributed by atoms with Gasteiger partial charge in [-0.05, 0) is 84.4 Å². The van der Waals surface area contributed by atoms with Crippen LogP contribution in [0.15, 0.2) is 15.2 Å². The van der Waals surface area contributed by atoms with Crippen molar-refractivity contribution in [2.75, 3.05) is 0 Å². The van der Waals surface area contributed by atoms with Crippen molar-refractivity contribution in [3.8, 4) is 0 Å². The third-order valence-corrected chi connectivity index (χ3v) is 5.56. The third-order valence-electron chi connectivity index (χ3n) is 4.06. The van der Waals surface area contributed by atoms with Crippen LogP contribution in [0.4, 0.5) is 0 Å². The zero-order chi connectivity index (χ0) is 14.3. The Kier molecular flexibility index (Phi) is 3.98. The van der Waals surface area contributed by atoms with Crippen LogP contribution in [0, 0.1) is 34.6 Å². The molecule has 0 saturated heterocycles. The molecule has 1 aromatic heterocycles. The molecular weight excluding hydrogens is 320 g/mol. The maximum absolute atomic E-state index is 12.7. The van der Waals surface area contributed by atoms with E-state index in [1.165, 1.54) is 16.7 Å². The normalized spacial score (nSPS) is 10.8. The molecule has 0 atom stereocenters. The number of ketones is 1. The third kappa shape index (κ3) is 2.41. The molecule has 0 radical (unpaired) electrons.